The molecule has 3 aliphatic rings. The van der Waals surface area contributed by atoms with E-state index in [4.69, 9.17) is 0 Å². The molecule has 1 saturated heterocycles. The van der Waals surface area contributed by atoms with Gasteiger partial charge in [0.1, 0.15) is 5.82 Å². The summed E-state index contributed by atoms with van der Waals surface area (Å²) in [4.78, 5) is 26.1. The Morgan fingerprint density at radius 3 is 2.26 bits per heavy atom. The average molecular weight is 257 g/mol. The lowest BCUT2D eigenvalue weighted by atomic mass is 9.85. The number of amides is 2. The second kappa shape index (κ2) is 3.53. The van der Waals surface area contributed by atoms with Crippen LogP contribution in [0.25, 0.3) is 0 Å². The van der Waals surface area contributed by atoms with E-state index >= 15 is 0 Å². The normalized spacial score (nSPS) is 35.3. The average Bonchev–Trinajstić information content (AvgIpc) is 3.04. The zero-order valence-corrected chi connectivity index (χ0v) is 10.1. The minimum Gasteiger partial charge on any atom is -0.274 e. The number of benzene rings is 1. The van der Waals surface area contributed by atoms with Gasteiger partial charge in [-0.3, -0.25) is 9.59 Å². The molecule has 0 spiro atoms. The largest absolute Gasteiger partial charge is 0.274 e. The van der Waals surface area contributed by atoms with Gasteiger partial charge in [0.15, 0.2) is 0 Å². The summed E-state index contributed by atoms with van der Waals surface area (Å²) in [6.45, 7) is 0. The molecule has 2 fully saturated rings. The highest BCUT2D eigenvalue weighted by molar-refractivity contribution is 6.22. The first-order chi connectivity index (χ1) is 9.16. The third kappa shape index (κ3) is 1.31. The second-order valence-corrected chi connectivity index (χ2v) is 5.49. The molecule has 4 rings (SSSR count). The van der Waals surface area contributed by atoms with Crippen molar-refractivity contribution >= 4 is 17.5 Å². The maximum Gasteiger partial charge on any atom is 0.238 e. The molecule has 1 heterocycles. The van der Waals surface area contributed by atoms with Crippen molar-refractivity contribution in [2.45, 2.75) is 6.42 Å². The predicted octanol–water partition coefficient (Wildman–Crippen LogP) is 2.14. The molecule has 19 heavy (non-hydrogen) atoms. The quantitative estimate of drug-likeness (QED) is 0.571. The summed E-state index contributed by atoms with van der Waals surface area (Å²) in [5.74, 6) is -0.863. The zero-order valence-electron chi connectivity index (χ0n) is 10.1. The van der Waals surface area contributed by atoms with Crippen LogP contribution in [0.2, 0.25) is 0 Å². The Labute approximate surface area is 109 Å². The Morgan fingerprint density at radius 2 is 1.68 bits per heavy atom. The van der Waals surface area contributed by atoms with Gasteiger partial charge in [0, 0.05) is 0 Å². The van der Waals surface area contributed by atoms with E-state index < -0.39 is 5.82 Å². The molecular weight excluding hydrogens is 245 g/mol. The maximum atomic E-state index is 13.3. The van der Waals surface area contributed by atoms with Crippen molar-refractivity contribution in [3.63, 3.8) is 0 Å². The van der Waals surface area contributed by atoms with Crippen molar-refractivity contribution in [3.05, 3.63) is 42.2 Å². The van der Waals surface area contributed by atoms with Gasteiger partial charge in [0.2, 0.25) is 11.8 Å². The van der Waals surface area contributed by atoms with Crippen LogP contribution in [0.5, 0.6) is 0 Å². The van der Waals surface area contributed by atoms with Gasteiger partial charge in [0.25, 0.3) is 0 Å². The van der Waals surface area contributed by atoms with Crippen LogP contribution in [0, 0.1) is 29.5 Å². The zero-order chi connectivity index (χ0) is 13.1. The van der Waals surface area contributed by atoms with Gasteiger partial charge < -0.3 is 0 Å². The molecule has 1 aromatic rings. The standard InChI is InChI=1S/C15H12FNO2/c16-10-2-1-3-11(7-10)17-14(18)12-8-4-5-9(6-8)13(12)15(17)19/h1-5,7-9,12-13H,6H2. The van der Waals surface area contributed by atoms with Crippen molar-refractivity contribution in [3.8, 4) is 0 Å². The van der Waals surface area contributed by atoms with Gasteiger partial charge in [-0.15, -0.1) is 0 Å². The van der Waals surface area contributed by atoms with Crippen LogP contribution in [0.4, 0.5) is 10.1 Å². The van der Waals surface area contributed by atoms with Crippen molar-refractivity contribution in [1.82, 2.24) is 0 Å². The fraction of sp³-hybridized carbons (Fsp3) is 0.333. The fourth-order valence-electron chi connectivity index (χ4n) is 3.77. The predicted molar refractivity (Wildman–Crippen MR) is 66.6 cm³/mol. The van der Waals surface area contributed by atoms with E-state index in [-0.39, 0.29) is 35.5 Å². The van der Waals surface area contributed by atoms with E-state index in [0.717, 1.165) is 6.42 Å². The number of imide groups is 1. The fourth-order valence-corrected chi connectivity index (χ4v) is 3.77. The van der Waals surface area contributed by atoms with Crippen LogP contribution in [0.1, 0.15) is 6.42 Å². The molecule has 1 aromatic carbocycles. The Morgan fingerprint density at radius 1 is 1.05 bits per heavy atom. The first-order valence-electron chi connectivity index (χ1n) is 6.48. The van der Waals surface area contributed by atoms with Crippen molar-refractivity contribution in [2.75, 3.05) is 4.90 Å². The molecule has 2 bridgehead atoms. The Kier molecular flexibility index (Phi) is 2.03. The molecule has 4 unspecified atom stereocenters. The second-order valence-electron chi connectivity index (χ2n) is 5.49. The summed E-state index contributed by atoms with van der Waals surface area (Å²) in [6.07, 6.45) is 5.00. The summed E-state index contributed by atoms with van der Waals surface area (Å²) in [6, 6.07) is 5.67. The van der Waals surface area contributed by atoms with Gasteiger partial charge in [-0.25, -0.2) is 9.29 Å². The highest BCUT2D eigenvalue weighted by atomic mass is 19.1. The lowest BCUT2D eigenvalue weighted by molar-refractivity contribution is -0.123. The summed E-state index contributed by atoms with van der Waals surface area (Å²) in [5, 5.41) is 0. The van der Waals surface area contributed by atoms with Crippen molar-refractivity contribution in [1.29, 1.82) is 0 Å². The smallest absolute Gasteiger partial charge is 0.238 e. The number of carbonyl (C=O) groups excluding carboxylic acids is 2. The monoisotopic (exact) mass is 257 g/mol. The first kappa shape index (κ1) is 10.9. The van der Waals surface area contributed by atoms with Crippen LogP contribution in [-0.4, -0.2) is 11.8 Å². The highest BCUT2D eigenvalue weighted by Gasteiger charge is 2.59. The van der Waals surface area contributed by atoms with Crippen molar-refractivity contribution in [2.24, 2.45) is 23.7 Å². The van der Waals surface area contributed by atoms with Gasteiger partial charge in [-0.2, -0.15) is 0 Å². The van der Waals surface area contributed by atoms with Gasteiger partial charge in [0.05, 0.1) is 17.5 Å². The Bertz CT molecular complexity index is 594. The molecule has 2 aliphatic carbocycles. The van der Waals surface area contributed by atoms with E-state index in [0.29, 0.717) is 5.69 Å². The number of nitrogens with zero attached hydrogens (tertiary/aromatic N) is 1. The van der Waals surface area contributed by atoms with E-state index in [1.165, 1.54) is 23.1 Å². The number of hydrogen-bond acceptors (Lipinski definition) is 2. The lowest BCUT2D eigenvalue weighted by Crippen LogP contribution is -2.32. The molecule has 2 amide bonds. The molecule has 96 valence electrons. The van der Waals surface area contributed by atoms with Crippen LogP contribution in [-0.2, 0) is 9.59 Å². The molecule has 0 aromatic heterocycles. The summed E-state index contributed by atoms with van der Waals surface area (Å²) < 4.78 is 13.3. The minimum absolute atomic E-state index is 0.169. The van der Waals surface area contributed by atoms with E-state index in [1.807, 2.05) is 12.2 Å². The number of allylic oxidation sites excluding steroid dienone is 2. The number of anilines is 1. The molecule has 3 nitrogen and oxygen atoms in total. The minimum atomic E-state index is -0.434. The van der Waals surface area contributed by atoms with Gasteiger partial charge in [-0.1, -0.05) is 18.2 Å². The molecule has 4 atom stereocenters. The molecule has 1 aliphatic heterocycles. The van der Waals surface area contributed by atoms with Gasteiger partial charge >= 0.3 is 0 Å². The van der Waals surface area contributed by atoms with Crippen molar-refractivity contribution < 1.29 is 14.0 Å². The molecule has 4 heteroatoms. The highest BCUT2D eigenvalue weighted by Crippen LogP contribution is 2.53. The number of rotatable bonds is 1. The molecule has 0 N–H and O–H groups in total. The Balaban J connectivity index is 1.77. The number of hydrogen-bond donors (Lipinski definition) is 0. The number of carbonyl (C=O) groups is 2. The van der Waals surface area contributed by atoms with Crippen LogP contribution in [0.15, 0.2) is 36.4 Å². The number of fused-ring (bicyclic) bond motifs is 5. The third-order valence-electron chi connectivity index (χ3n) is 4.54. The van der Waals surface area contributed by atoms with Crippen LogP contribution >= 0.6 is 0 Å². The molecule has 1 saturated carbocycles. The summed E-state index contributed by atoms with van der Waals surface area (Å²) in [7, 11) is 0. The Hall–Kier alpha value is -1.97. The summed E-state index contributed by atoms with van der Waals surface area (Å²) >= 11 is 0. The number of halogens is 1. The topological polar surface area (TPSA) is 37.4 Å². The molecular formula is C15H12FNO2. The van der Waals surface area contributed by atoms with E-state index in [2.05, 4.69) is 0 Å². The third-order valence-corrected chi connectivity index (χ3v) is 4.54. The van der Waals surface area contributed by atoms with E-state index in [1.54, 1.807) is 6.07 Å². The lowest BCUT2D eigenvalue weighted by Gasteiger charge is -2.17. The first-order valence-corrected chi connectivity index (χ1v) is 6.48. The molecule has 0 radical (unpaired) electrons. The SMILES string of the molecule is O=C1C2C3C=CC(C3)C2C(=O)N1c1cccc(F)c1. The van der Waals surface area contributed by atoms with Gasteiger partial charge in [-0.05, 0) is 36.5 Å². The summed E-state index contributed by atoms with van der Waals surface area (Å²) in [5.41, 5.74) is 0.351. The van der Waals surface area contributed by atoms with Crippen LogP contribution < -0.4 is 4.90 Å². The van der Waals surface area contributed by atoms with E-state index in [9.17, 15) is 14.0 Å². The van der Waals surface area contributed by atoms with Crippen LogP contribution in [0.3, 0.4) is 0 Å². The maximum absolute atomic E-state index is 13.3.